The molecule has 0 fully saturated rings. The quantitative estimate of drug-likeness (QED) is 0.759. The zero-order valence-corrected chi connectivity index (χ0v) is 11.8. The van der Waals surface area contributed by atoms with Gasteiger partial charge in [-0.15, -0.1) is 0 Å². The Bertz CT molecular complexity index is 693. The largest absolute Gasteiger partial charge is 0.495 e. The summed E-state index contributed by atoms with van der Waals surface area (Å²) in [6, 6.07) is 13.5. The Hall–Kier alpha value is -1.78. The molecule has 1 aromatic heterocycles. The highest BCUT2D eigenvalue weighted by molar-refractivity contribution is 7.22. The molecule has 0 unspecified atom stereocenters. The van der Waals surface area contributed by atoms with Crippen LogP contribution in [0.1, 0.15) is 0 Å². The van der Waals surface area contributed by atoms with E-state index >= 15 is 0 Å². The van der Waals surface area contributed by atoms with E-state index in [1.54, 1.807) is 24.5 Å². The van der Waals surface area contributed by atoms with Crippen molar-refractivity contribution in [3.63, 3.8) is 0 Å². The lowest BCUT2D eigenvalue weighted by Crippen LogP contribution is -1.93. The summed E-state index contributed by atoms with van der Waals surface area (Å²) in [5, 5.41) is 4.73. The van der Waals surface area contributed by atoms with Crippen LogP contribution < -0.4 is 10.1 Å². The maximum atomic E-state index is 6.01. The predicted molar refractivity (Wildman–Crippen MR) is 80.9 cm³/mol. The minimum absolute atomic E-state index is 0.657. The Labute approximate surface area is 119 Å². The number of methoxy groups -OCH3 is 1. The van der Waals surface area contributed by atoms with Crippen molar-refractivity contribution in [2.45, 2.75) is 0 Å². The van der Waals surface area contributed by atoms with Crippen LogP contribution in [-0.4, -0.2) is 12.1 Å². The van der Waals surface area contributed by atoms with Gasteiger partial charge in [0.1, 0.15) is 5.75 Å². The summed E-state index contributed by atoms with van der Waals surface area (Å²) in [7, 11) is 1.63. The number of aromatic nitrogens is 1. The van der Waals surface area contributed by atoms with Gasteiger partial charge in [-0.05, 0) is 30.3 Å². The molecule has 0 saturated carbocycles. The second-order valence-electron chi connectivity index (χ2n) is 3.96. The van der Waals surface area contributed by atoms with Gasteiger partial charge >= 0.3 is 0 Å². The van der Waals surface area contributed by atoms with Crippen LogP contribution in [-0.2, 0) is 0 Å². The average Bonchev–Trinajstić information content (AvgIpc) is 2.81. The lowest BCUT2D eigenvalue weighted by molar-refractivity contribution is 0.417. The summed E-state index contributed by atoms with van der Waals surface area (Å²) in [6.45, 7) is 0. The molecule has 0 amide bonds. The van der Waals surface area contributed by atoms with E-state index < -0.39 is 0 Å². The number of hydrogen-bond donors (Lipinski definition) is 1. The fraction of sp³-hybridized carbons (Fsp3) is 0.0714. The number of thiazole rings is 1. The Morgan fingerprint density at radius 3 is 2.84 bits per heavy atom. The van der Waals surface area contributed by atoms with Crippen molar-refractivity contribution in [2.24, 2.45) is 0 Å². The van der Waals surface area contributed by atoms with Crippen molar-refractivity contribution < 1.29 is 4.74 Å². The smallest absolute Gasteiger partial charge is 0.188 e. The highest BCUT2D eigenvalue weighted by Crippen LogP contribution is 2.33. The van der Waals surface area contributed by atoms with Crippen LogP contribution in [0.25, 0.3) is 10.2 Å². The van der Waals surface area contributed by atoms with Crippen molar-refractivity contribution in [2.75, 3.05) is 12.4 Å². The molecule has 3 aromatic rings. The van der Waals surface area contributed by atoms with Crippen molar-refractivity contribution >= 4 is 44.0 Å². The summed E-state index contributed by atoms with van der Waals surface area (Å²) in [5.41, 5.74) is 1.80. The molecule has 3 rings (SSSR count). The number of ether oxygens (including phenoxy) is 1. The molecule has 96 valence electrons. The van der Waals surface area contributed by atoms with Gasteiger partial charge in [-0.1, -0.05) is 35.1 Å². The van der Waals surface area contributed by atoms with Crippen LogP contribution in [0.2, 0.25) is 5.02 Å². The van der Waals surface area contributed by atoms with Gasteiger partial charge in [-0.2, -0.15) is 0 Å². The first-order valence-electron chi connectivity index (χ1n) is 5.72. The third kappa shape index (κ3) is 2.50. The maximum absolute atomic E-state index is 6.01. The third-order valence-electron chi connectivity index (χ3n) is 2.70. The Morgan fingerprint density at radius 1 is 1.21 bits per heavy atom. The monoisotopic (exact) mass is 290 g/mol. The minimum atomic E-state index is 0.657. The Morgan fingerprint density at radius 2 is 2.05 bits per heavy atom. The van der Waals surface area contributed by atoms with Gasteiger partial charge in [0.05, 0.1) is 23.0 Å². The number of para-hydroxylation sites is 1. The molecular weight excluding hydrogens is 280 g/mol. The second kappa shape index (κ2) is 5.07. The van der Waals surface area contributed by atoms with E-state index in [0.29, 0.717) is 5.02 Å². The van der Waals surface area contributed by atoms with Gasteiger partial charge in [0, 0.05) is 5.02 Å². The van der Waals surface area contributed by atoms with Crippen LogP contribution in [0.3, 0.4) is 0 Å². The van der Waals surface area contributed by atoms with Gasteiger partial charge < -0.3 is 10.1 Å². The van der Waals surface area contributed by atoms with Crippen molar-refractivity contribution in [1.29, 1.82) is 0 Å². The van der Waals surface area contributed by atoms with Gasteiger partial charge in [-0.25, -0.2) is 4.98 Å². The first-order valence-corrected chi connectivity index (χ1v) is 6.92. The topological polar surface area (TPSA) is 34.1 Å². The summed E-state index contributed by atoms with van der Waals surface area (Å²) in [4.78, 5) is 4.52. The molecule has 2 aromatic carbocycles. The number of anilines is 2. The van der Waals surface area contributed by atoms with Crippen molar-refractivity contribution in [3.8, 4) is 5.75 Å². The molecule has 0 saturated heterocycles. The van der Waals surface area contributed by atoms with E-state index in [0.717, 1.165) is 26.8 Å². The summed E-state index contributed by atoms with van der Waals surface area (Å²) < 4.78 is 6.45. The normalized spacial score (nSPS) is 10.6. The van der Waals surface area contributed by atoms with E-state index in [2.05, 4.69) is 10.3 Å². The molecule has 19 heavy (non-hydrogen) atoms. The predicted octanol–water partition coefficient (Wildman–Crippen LogP) is 4.70. The Balaban J connectivity index is 1.98. The molecule has 0 bridgehead atoms. The van der Waals surface area contributed by atoms with Crippen LogP contribution >= 0.6 is 22.9 Å². The first kappa shape index (κ1) is 12.3. The van der Waals surface area contributed by atoms with E-state index in [1.165, 1.54) is 0 Å². The van der Waals surface area contributed by atoms with Crippen molar-refractivity contribution in [1.82, 2.24) is 4.98 Å². The Kier molecular flexibility index (Phi) is 3.27. The molecule has 3 nitrogen and oxygen atoms in total. The number of benzene rings is 2. The van der Waals surface area contributed by atoms with Gasteiger partial charge in [0.2, 0.25) is 0 Å². The first-order chi connectivity index (χ1) is 9.26. The second-order valence-corrected chi connectivity index (χ2v) is 5.42. The molecule has 5 heteroatoms. The number of hydrogen-bond acceptors (Lipinski definition) is 4. The molecule has 0 aliphatic carbocycles. The number of rotatable bonds is 3. The van der Waals surface area contributed by atoms with E-state index in [9.17, 15) is 0 Å². The fourth-order valence-electron chi connectivity index (χ4n) is 1.82. The third-order valence-corrected chi connectivity index (χ3v) is 3.88. The summed E-state index contributed by atoms with van der Waals surface area (Å²) in [6.07, 6.45) is 0. The zero-order chi connectivity index (χ0) is 13.2. The van der Waals surface area contributed by atoms with Gasteiger partial charge in [0.15, 0.2) is 5.13 Å². The standard InChI is InChI=1S/C14H11ClN2OS/c1-18-12-7-6-9(15)8-11(12)17-14-16-10-4-2-3-5-13(10)19-14/h2-8H,1H3,(H,16,17). The molecule has 1 N–H and O–H groups in total. The van der Waals surface area contributed by atoms with Crippen LogP contribution in [0.5, 0.6) is 5.75 Å². The molecule has 1 heterocycles. The van der Waals surface area contributed by atoms with E-state index in [1.807, 2.05) is 36.4 Å². The van der Waals surface area contributed by atoms with Gasteiger partial charge in [0.25, 0.3) is 0 Å². The maximum Gasteiger partial charge on any atom is 0.188 e. The van der Waals surface area contributed by atoms with Crippen LogP contribution in [0.15, 0.2) is 42.5 Å². The molecular formula is C14H11ClN2OS. The van der Waals surface area contributed by atoms with Crippen LogP contribution in [0.4, 0.5) is 10.8 Å². The van der Waals surface area contributed by atoms with Crippen molar-refractivity contribution in [3.05, 3.63) is 47.5 Å². The van der Waals surface area contributed by atoms with Crippen LogP contribution in [0, 0.1) is 0 Å². The van der Waals surface area contributed by atoms with E-state index in [4.69, 9.17) is 16.3 Å². The molecule has 0 aliphatic rings. The highest BCUT2D eigenvalue weighted by atomic mass is 35.5. The fourth-order valence-corrected chi connectivity index (χ4v) is 2.87. The van der Waals surface area contributed by atoms with Gasteiger partial charge in [-0.3, -0.25) is 0 Å². The lowest BCUT2D eigenvalue weighted by Gasteiger charge is -2.08. The SMILES string of the molecule is COc1ccc(Cl)cc1Nc1nc2ccccc2s1. The summed E-state index contributed by atoms with van der Waals surface area (Å²) >= 11 is 7.60. The summed E-state index contributed by atoms with van der Waals surface area (Å²) in [5.74, 6) is 0.739. The number of nitrogens with zero attached hydrogens (tertiary/aromatic N) is 1. The molecule has 0 atom stereocenters. The molecule has 0 spiro atoms. The lowest BCUT2D eigenvalue weighted by atomic mass is 10.3. The molecule has 0 aliphatic heterocycles. The average molecular weight is 291 g/mol. The number of fused-ring (bicyclic) bond motifs is 1. The molecule has 0 radical (unpaired) electrons. The number of nitrogens with one attached hydrogen (secondary N) is 1. The van der Waals surface area contributed by atoms with E-state index in [-0.39, 0.29) is 0 Å². The zero-order valence-electron chi connectivity index (χ0n) is 10.2. The number of halogens is 1. The highest BCUT2D eigenvalue weighted by Gasteiger charge is 2.07. The minimum Gasteiger partial charge on any atom is -0.495 e.